The van der Waals surface area contributed by atoms with Gasteiger partial charge in [0.1, 0.15) is 5.58 Å². The predicted octanol–water partition coefficient (Wildman–Crippen LogP) is 19.5. The summed E-state index contributed by atoms with van der Waals surface area (Å²) in [6.07, 6.45) is 6.87. The Balaban J connectivity index is 1.24. The number of benzene rings is 7. The van der Waals surface area contributed by atoms with Crippen molar-refractivity contribution >= 4 is 68.4 Å². The first-order valence-electron chi connectivity index (χ1n) is 30.4. The minimum atomic E-state index is -0.201. The number of fused-ring (bicyclic) bond motifs is 9. The Kier molecular flexibility index (Phi) is 11.4. The van der Waals surface area contributed by atoms with Crippen LogP contribution < -0.4 is 26.2 Å². The molecule has 13 rings (SSSR count). The van der Waals surface area contributed by atoms with E-state index in [0.717, 1.165) is 43.6 Å². The van der Waals surface area contributed by atoms with E-state index in [1.54, 1.807) is 0 Å². The SMILES string of the molecule is CC(C)(C)c1cc(-c2ccccc2)c(N2c3cc4c(cc3B3c5c(cc(C(C)(C)C)cc52)N(c2ccc5c(c2)C(C)(C)CCC5(C)C)c2oc5cc6c(cc5c23)C(C)(C)CCC6(C)C)C(C)(C)CCC4(C)C)c(-c2ccccc2)c1. The second-order valence-electron chi connectivity index (χ2n) is 31.4. The average molecular weight is 1060 g/mol. The summed E-state index contributed by atoms with van der Waals surface area (Å²) in [5.74, 6) is 0.960. The van der Waals surface area contributed by atoms with Gasteiger partial charge in [0.05, 0.1) is 5.69 Å². The molecule has 0 atom stereocenters. The van der Waals surface area contributed by atoms with Crippen molar-refractivity contribution in [2.75, 3.05) is 9.80 Å². The lowest BCUT2D eigenvalue weighted by Gasteiger charge is -2.48. The molecule has 3 aliphatic carbocycles. The van der Waals surface area contributed by atoms with Crippen LogP contribution in [0.1, 0.15) is 208 Å². The molecule has 410 valence electrons. The Morgan fingerprint density at radius 1 is 0.400 bits per heavy atom. The van der Waals surface area contributed by atoms with Crippen LogP contribution in [0.15, 0.2) is 132 Å². The topological polar surface area (TPSA) is 19.6 Å². The maximum atomic E-state index is 7.82. The van der Waals surface area contributed by atoms with E-state index in [-0.39, 0.29) is 50.0 Å². The van der Waals surface area contributed by atoms with Crippen LogP contribution in [0.4, 0.5) is 34.3 Å². The molecule has 3 heterocycles. The number of anilines is 6. The molecule has 5 aliphatic rings. The largest absolute Gasteiger partial charge is 0.440 e. The van der Waals surface area contributed by atoms with E-state index in [2.05, 4.69) is 262 Å². The minimum absolute atomic E-state index is 0.00903. The molecule has 2 aliphatic heterocycles. The lowest BCUT2D eigenvalue weighted by atomic mass is 9.33. The highest BCUT2D eigenvalue weighted by Gasteiger charge is 2.51. The Bertz CT molecular complexity index is 3800. The highest BCUT2D eigenvalue weighted by Crippen LogP contribution is 2.57. The van der Waals surface area contributed by atoms with Gasteiger partial charge in [0.15, 0.2) is 0 Å². The molecule has 1 aromatic heterocycles. The molecular weight excluding hydrogens is 968 g/mol. The van der Waals surface area contributed by atoms with Crippen molar-refractivity contribution in [1.29, 1.82) is 0 Å². The molecule has 0 saturated heterocycles. The zero-order chi connectivity index (χ0) is 56.8. The smallest absolute Gasteiger partial charge is 0.257 e. The van der Waals surface area contributed by atoms with E-state index in [1.807, 2.05) is 0 Å². The van der Waals surface area contributed by atoms with Crippen molar-refractivity contribution in [1.82, 2.24) is 0 Å². The van der Waals surface area contributed by atoms with Crippen molar-refractivity contribution in [3.05, 3.63) is 172 Å². The van der Waals surface area contributed by atoms with Crippen LogP contribution in [0.25, 0.3) is 33.2 Å². The molecule has 0 saturated carbocycles. The van der Waals surface area contributed by atoms with E-state index in [0.29, 0.717) is 0 Å². The summed E-state index contributed by atoms with van der Waals surface area (Å²) >= 11 is 0. The molecular formula is C76H87BN2O. The van der Waals surface area contributed by atoms with E-state index in [9.17, 15) is 0 Å². The number of hydrogen-bond acceptors (Lipinski definition) is 3. The van der Waals surface area contributed by atoms with Gasteiger partial charge in [0.2, 0.25) is 5.88 Å². The zero-order valence-electron chi connectivity index (χ0n) is 51.7. The second kappa shape index (κ2) is 17.2. The van der Waals surface area contributed by atoms with Gasteiger partial charge in [-0.2, -0.15) is 0 Å². The van der Waals surface area contributed by atoms with Gasteiger partial charge in [0, 0.05) is 44.7 Å². The van der Waals surface area contributed by atoms with Crippen LogP contribution in [-0.2, 0) is 43.3 Å². The van der Waals surface area contributed by atoms with Crippen LogP contribution in [0.3, 0.4) is 0 Å². The van der Waals surface area contributed by atoms with Crippen molar-refractivity contribution < 1.29 is 4.42 Å². The third kappa shape index (κ3) is 8.01. The van der Waals surface area contributed by atoms with E-state index in [4.69, 9.17) is 4.42 Å². The van der Waals surface area contributed by atoms with Crippen LogP contribution in [-0.4, -0.2) is 6.71 Å². The van der Waals surface area contributed by atoms with Gasteiger partial charge in [-0.05, 0) is 203 Å². The summed E-state index contributed by atoms with van der Waals surface area (Å²) in [5.41, 5.74) is 27.2. The van der Waals surface area contributed by atoms with Gasteiger partial charge < -0.3 is 9.32 Å². The van der Waals surface area contributed by atoms with E-state index >= 15 is 0 Å². The summed E-state index contributed by atoms with van der Waals surface area (Å²) in [5, 5.41) is 1.25. The van der Waals surface area contributed by atoms with Gasteiger partial charge in [-0.1, -0.05) is 197 Å². The van der Waals surface area contributed by atoms with Crippen LogP contribution in [0.5, 0.6) is 0 Å². The third-order valence-corrected chi connectivity index (χ3v) is 21.0. The first-order valence-corrected chi connectivity index (χ1v) is 30.4. The molecule has 0 amide bonds. The van der Waals surface area contributed by atoms with E-state index in [1.165, 1.54) is 123 Å². The minimum Gasteiger partial charge on any atom is -0.440 e. The quantitative estimate of drug-likeness (QED) is 0.164. The fourth-order valence-electron chi connectivity index (χ4n) is 15.3. The first kappa shape index (κ1) is 53.1. The Labute approximate surface area is 480 Å². The van der Waals surface area contributed by atoms with Gasteiger partial charge in [-0.25, -0.2) is 0 Å². The van der Waals surface area contributed by atoms with Gasteiger partial charge in [0.25, 0.3) is 6.71 Å². The molecule has 0 fully saturated rings. The van der Waals surface area contributed by atoms with Gasteiger partial charge in [-0.15, -0.1) is 0 Å². The normalized spacial score (nSPS) is 19.6. The molecule has 0 bridgehead atoms. The maximum Gasteiger partial charge on any atom is 0.257 e. The van der Waals surface area contributed by atoms with Crippen LogP contribution >= 0.6 is 0 Å². The van der Waals surface area contributed by atoms with Crippen LogP contribution in [0, 0.1) is 0 Å². The standard InChI is InChI=1S/C76H87BN2O/c1-69(2,3)48-37-51(46-25-21-19-22-26-46)67(52(38-48)47-27-23-20-24-28-47)79-61-44-58-57(74(13,14)34-35-75(58,15)16)43-60(61)77-65-53-42-56-59(76(17,18)36-33-73(56,11)12)45-64(53)80-68(65)78(62-39-49(70(4,5)6)40-63(79)66(62)77)50-29-30-54-55(41-50)72(9,10)32-31-71(54,7)8/h19-30,37-45H,31-36H2,1-18H3. The van der Waals surface area contributed by atoms with Crippen LogP contribution in [0.2, 0.25) is 0 Å². The lowest BCUT2D eigenvalue weighted by molar-refractivity contribution is 0.332. The molecule has 4 heteroatoms. The molecule has 0 N–H and O–H groups in total. The average Bonchev–Trinajstić information content (AvgIpc) is 3.93. The predicted molar refractivity (Wildman–Crippen MR) is 344 cm³/mol. The number of rotatable bonds is 4. The molecule has 0 unspecified atom stereocenters. The molecule has 0 spiro atoms. The third-order valence-electron chi connectivity index (χ3n) is 21.0. The van der Waals surface area contributed by atoms with Gasteiger partial charge >= 0.3 is 0 Å². The Morgan fingerprint density at radius 2 is 0.825 bits per heavy atom. The fourth-order valence-corrected chi connectivity index (χ4v) is 15.3. The highest BCUT2D eigenvalue weighted by atomic mass is 16.4. The maximum absolute atomic E-state index is 7.82. The molecule has 7 aromatic carbocycles. The highest BCUT2D eigenvalue weighted by molar-refractivity contribution is 7.01. The van der Waals surface area contributed by atoms with Gasteiger partial charge in [-0.3, -0.25) is 4.90 Å². The number of nitrogens with zero attached hydrogens (tertiary/aromatic N) is 2. The molecule has 3 nitrogen and oxygen atoms in total. The summed E-state index contributed by atoms with van der Waals surface area (Å²) in [7, 11) is 0. The summed E-state index contributed by atoms with van der Waals surface area (Å²) in [4.78, 5) is 5.38. The number of hydrogen-bond donors (Lipinski definition) is 0. The monoisotopic (exact) mass is 1050 g/mol. The Morgan fingerprint density at radius 3 is 1.32 bits per heavy atom. The lowest BCUT2D eigenvalue weighted by Crippen LogP contribution is -2.61. The molecule has 8 aromatic rings. The Hall–Kier alpha value is -6.26. The summed E-state index contributed by atoms with van der Waals surface area (Å²) in [6.45, 7) is 43.9. The zero-order valence-corrected chi connectivity index (χ0v) is 51.7. The molecule has 0 radical (unpaired) electrons. The number of furan rings is 1. The van der Waals surface area contributed by atoms with E-state index < -0.39 is 0 Å². The van der Waals surface area contributed by atoms with Crippen molar-refractivity contribution in [2.45, 2.75) is 206 Å². The van der Waals surface area contributed by atoms with Crippen molar-refractivity contribution in [3.63, 3.8) is 0 Å². The second-order valence-corrected chi connectivity index (χ2v) is 31.4. The molecule has 80 heavy (non-hydrogen) atoms. The summed E-state index contributed by atoms with van der Waals surface area (Å²) in [6, 6.07) is 50.8. The van der Waals surface area contributed by atoms with Crippen molar-refractivity contribution in [3.8, 4) is 22.3 Å². The summed E-state index contributed by atoms with van der Waals surface area (Å²) < 4.78 is 7.82. The van der Waals surface area contributed by atoms with Crippen molar-refractivity contribution in [2.24, 2.45) is 0 Å². The fraction of sp³-hybridized carbons (Fsp3) is 0.421. The first-order chi connectivity index (χ1) is 37.4.